The van der Waals surface area contributed by atoms with Crippen molar-refractivity contribution >= 4 is 28.2 Å². The lowest BCUT2D eigenvalue weighted by Crippen LogP contribution is -2.39. The van der Waals surface area contributed by atoms with Crippen LogP contribution in [0.3, 0.4) is 0 Å². The molecule has 3 heterocycles. The van der Waals surface area contributed by atoms with E-state index in [4.69, 9.17) is 15.2 Å². The number of ether oxygens (including phenoxy) is 2. The zero-order valence-corrected chi connectivity index (χ0v) is 16.9. The monoisotopic (exact) mass is 394 g/mol. The van der Waals surface area contributed by atoms with E-state index in [1.807, 2.05) is 36.0 Å². The maximum Gasteiger partial charge on any atom is 0.276 e. The van der Waals surface area contributed by atoms with Crippen LogP contribution in [0.1, 0.15) is 37.2 Å². The minimum Gasteiger partial charge on any atom is -0.488 e. The fraction of sp³-hybridized carbons (Fsp3) is 0.364. The number of nitrogens with one attached hydrogen (secondary N) is 1. The van der Waals surface area contributed by atoms with Crippen LogP contribution in [0.4, 0.5) is 11.4 Å². The van der Waals surface area contributed by atoms with Gasteiger partial charge in [0.15, 0.2) is 5.69 Å². The van der Waals surface area contributed by atoms with E-state index in [-0.39, 0.29) is 23.3 Å². The van der Waals surface area contributed by atoms with Gasteiger partial charge in [-0.15, -0.1) is 0 Å². The van der Waals surface area contributed by atoms with E-state index in [9.17, 15) is 4.79 Å². The number of hydrogen-bond donors (Lipinski definition) is 2. The number of rotatable bonds is 4. The second-order valence-electron chi connectivity index (χ2n) is 8.07. The number of aryl methyl sites for hydroxylation is 1. The quantitative estimate of drug-likeness (QED) is 0.703. The zero-order valence-electron chi connectivity index (χ0n) is 16.9. The van der Waals surface area contributed by atoms with E-state index >= 15 is 0 Å². The second-order valence-corrected chi connectivity index (χ2v) is 8.07. The van der Waals surface area contributed by atoms with Crippen LogP contribution in [0.2, 0.25) is 0 Å². The van der Waals surface area contributed by atoms with E-state index in [1.165, 1.54) is 0 Å². The number of nitrogen functional groups attached to an aromatic ring is 1. The maximum absolute atomic E-state index is 12.5. The number of carbonyl (C=O) groups excluding carboxylic acids is 1. The average Bonchev–Trinajstić information content (AvgIpc) is 2.96. The third-order valence-corrected chi connectivity index (χ3v) is 5.21. The molecule has 1 fully saturated rings. The molecule has 2 aromatic heterocycles. The van der Waals surface area contributed by atoms with Gasteiger partial charge < -0.3 is 25.1 Å². The lowest BCUT2D eigenvalue weighted by atomic mass is 9.96. The largest absolute Gasteiger partial charge is 0.488 e. The van der Waals surface area contributed by atoms with Gasteiger partial charge in [-0.25, -0.2) is 4.98 Å². The molecule has 0 spiro atoms. The first-order valence-corrected chi connectivity index (χ1v) is 9.74. The SMILES string of the molecule is Cn1cc(OC2CCOC(C)(C)C2)c2ccc(NC(=O)c3ncccc3N)cc21. The Bertz CT molecular complexity index is 1060. The lowest BCUT2D eigenvalue weighted by molar-refractivity contribution is -0.0894. The fourth-order valence-electron chi connectivity index (χ4n) is 3.77. The Morgan fingerprint density at radius 2 is 2.21 bits per heavy atom. The van der Waals surface area contributed by atoms with Gasteiger partial charge in [0, 0.05) is 43.4 Å². The highest BCUT2D eigenvalue weighted by molar-refractivity contribution is 6.07. The molecule has 1 unspecified atom stereocenters. The van der Waals surface area contributed by atoms with Crippen molar-refractivity contribution in [2.45, 2.75) is 38.4 Å². The second kappa shape index (κ2) is 7.40. The van der Waals surface area contributed by atoms with Crippen molar-refractivity contribution in [3.8, 4) is 5.75 Å². The molecule has 152 valence electrons. The van der Waals surface area contributed by atoms with Crippen LogP contribution < -0.4 is 15.8 Å². The van der Waals surface area contributed by atoms with Gasteiger partial charge >= 0.3 is 0 Å². The highest BCUT2D eigenvalue weighted by Crippen LogP contribution is 2.33. The Labute approximate surface area is 169 Å². The van der Waals surface area contributed by atoms with E-state index in [0.717, 1.165) is 29.5 Å². The molecule has 0 aliphatic carbocycles. The van der Waals surface area contributed by atoms with Crippen LogP contribution >= 0.6 is 0 Å². The Morgan fingerprint density at radius 3 is 2.97 bits per heavy atom. The van der Waals surface area contributed by atoms with Crippen molar-refractivity contribution in [3.05, 3.63) is 48.4 Å². The lowest BCUT2D eigenvalue weighted by Gasteiger charge is -2.35. The summed E-state index contributed by atoms with van der Waals surface area (Å²) in [5.41, 5.74) is 7.88. The number of carbonyl (C=O) groups is 1. The zero-order chi connectivity index (χ0) is 20.6. The Kier molecular flexibility index (Phi) is 4.92. The number of nitrogens with two attached hydrogens (primary N) is 1. The predicted octanol–water partition coefficient (Wildman–Crippen LogP) is 3.74. The molecule has 0 radical (unpaired) electrons. The van der Waals surface area contributed by atoms with Gasteiger partial charge in [0.1, 0.15) is 11.9 Å². The van der Waals surface area contributed by atoms with E-state index in [1.54, 1.807) is 18.3 Å². The van der Waals surface area contributed by atoms with Gasteiger partial charge in [0.05, 0.1) is 23.4 Å². The molecule has 7 heteroatoms. The molecule has 7 nitrogen and oxygen atoms in total. The van der Waals surface area contributed by atoms with Crippen molar-refractivity contribution < 1.29 is 14.3 Å². The third kappa shape index (κ3) is 4.05. The Hall–Kier alpha value is -3.06. The van der Waals surface area contributed by atoms with Crippen molar-refractivity contribution in [1.82, 2.24) is 9.55 Å². The number of aromatic nitrogens is 2. The maximum atomic E-state index is 12.5. The molecule has 1 aromatic carbocycles. The number of pyridine rings is 1. The summed E-state index contributed by atoms with van der Waals surface area (Å²) in [6, 6.07) is 9.10. The summed E-state index contributed by atoms with van der Waals surface area (Å²) >= 11 is 0. The number of hydrogen-bond acceptors (Lipinski definition) is 5. The molecular weight excluding hydrogens is 368 g/mol. The molecule has 1 atom stereocenters. The van der Waals surface area contributed by atoms with Crippen LogP contribution in [0.15, 0.2) is 42.7 Å². The van der Waals surface area contributed by atoms with Gasteiger partial charge in [-0.3, -0.25) is 4.79 Å². The molecule has 1 amide bonds. The molecule has 3 aromatic rings. The summed E-state index contributed by atoms with van der Waals surface area (Å²) in [4.78, 5) is 16.6. The minimum atomic E-state index is -0.336. The summed E-state index contributed by atoms with van der Waals surface area (Å²) < 4.78 is 14.1. The Morgan fingerprint density at radius 1 is 1.38 bits per heavy atom. The molecule has 0 saturated carbocycles. The van der Waals surface area contributed by atoms with Crippen molar-refractivity contribution in [3.63, 3.8) is 0 Å². The molecule has 1 aliphatic heterocycles. The van der Waals surface area contributed by atoms with Crippen molar-refractivity contribution in [2.75, 3.05) is 17.7 Å². The first-order valence-electron chi connectivity index (χ1n) is 9.74. The van der Waals surface area contributed by atoms with Gasteiger partial charge in [0.2, 0.25) is 0 Å². The van der Waals surface area contributed by atoms with Crippen molar-refractivity contribution in [2.24, 2.45) is 7.05 Å². The van der Waals surface area contributed by atoms with Crippen molar-refractivity contribution in [1.29, 1.82) is 0 Å². The van der Waals surface area contributed by atoms with E-state index in [0.29, 0.717) is 18.0 Å². The molecule has 1 aliphatic rings. The highest BCUT2D eigenvalue weighted by atomic mass is 16.5. The fourth-order valence-corrected chi connectivity index (χ4v) is 3.77. The summed E-state index contributed by atoms with van der Waals surface area (Å²) in [5, 5.41) is 3.87. The van der Waals surface area contributed by atoms with Crippen LogP contribution in [-0.4, -0.2) is 33.8 Å². The normalized spacial score (nSPS) is 18.5. The smallest absolute Gasteiger partial charge is 0.276 e. The summed E-state index contributed by atoms with van der Waals surface area (Å²) in [6.07, 6.45) is 5.38. The molecule has 29 heavy (non-hydrogen) atoms. The first kappa shape index (κ1) is 19.3. The molecule has 4 rings (SSSR count). The van der Waals surface area contributed by atoms with Gasteiger partial charge in [0.25, 0.3) is 5.91 Å². The van der Waals surface area contributed by atoms with Gasteiger partial charge in [-0.2, -0.15) is 0 Å². The number of nitrogens with zero attached hydrogens (tertiary/aromatic N) is 2. The number of fused-ring (bicyclic) bond motifs is 1. The summed E-state index contributed by atoms with van der Waals surface area (Å²) in [7, 11) is 1.96. The first-order chi connectivity index (χ1) is 13.8. The molecular formula is C22H26N4O3. The van der Waals surface area contributed by atoms with Crippen LogP contribution in [0.25, 0.3) is 10.9 Å². The predicted molar refractivity (Wildman–Crippen MR) is 113 cm³/mol. The molecule has 3 N–H and O–H groups in total. The average molecular weight is 394 g/mol. The van der Waals surface area contributed by atoms with E-state index < -0.39 is 0 Å². The molecule has 1 saturated heterocycles. The van der Waals surface area contributed by atoms with Gasteiger partial charge in [-0.1, -0.05) is 0 Å². The van der Waals surface area contributed by atoms with Crippen LogP contribution in [0, 0.1) is 0 Å². The molecule has 0 bridgehead atoms. The van der Waals surface area contributed by atoms with E-state index in [2.05, 4.69) is 24.1 Å². The Balaban J connectivity index is 1.55. The van der Waals surface area contributed by atoms with Crippen LogP contribution in [0.5, 0.6) is 5.75 Å². The third-order valence-electron chi connectivity index (χ3n) is 5.21. The summed E-state index contributed by atoms with van der Waals surface area (Å²) in [5.74, 6) is 0.509. The number of anilines is 2. The highest BCUT2D eigenvalue weighted by Gasteiger charge is 2.30. The van der Waals surface area contributed by atoms with Crippen LogP contribution in [-0.2, 0) is 11.8 Å². The van der Waals surface area contributed by atoms with Gasteiger partial charge in [-0.05, 0) is 44.2 Å². The minimum absolute atomic E-state index is 0.121. The number of benzene rings is 1. The number of amides is 1. The summed E-state index contributed by atoms with van der Waals surface area (Å²) in [6.45, 7) is 4.89. The topological polar surface area (TPSA) is 91.4 Å². The standard InChI is InChI=1S/C22H26N4O3/c1-22(2)12-15(8-10-28-22)29-19-13-26(3)18-11-14(6-7-16(18)19)25-21(27)20-17(23)5-4-9-24-20/h4-7,9,11,13,15H,8,10,12,23H2,1-3H3,(H,25,27).